The summed E-state index contributed by atoms with van der Waals surface area (Å²) in [5, 5.41) is 0. The number of carbonyl (C=O) groups is 3. The van der Waals surface area contributed by atoms with Crippen LogP contribution in [-0.4, -0.2) is 108 Å². The van der Waals surface area contributed by atoms with Crippen LogP contribution in [0.25, 0.3) is 0 Å². The molecule has 0 bridgehead atoms. The molecule has 4 heterocycles. The van der Waals surface area contributed by atoms with E-state index in [4.69, 9.17) is 61.6 Å². The summed E-state index contributed by atoms with van der Waals surface area (Å²) in [6, 6.07) is 41.7. The van der Waals surface area contributed by atoms with Crippen molar-refractivity contribution in [2.24, 2.45) is 0 Å². The molecule has 4 fully saturated rings. The third-order valence-corrected chi connectivity index (χ3v) is 12.0. The van der Waals surface area contributed by atoms with Gasteiger partial charge in [-0.05, 0) is 158 Å². The lowest BCUT2D eigenvalue weighted by atomic mass is 10.2. The molecule has 79 heavy (non-hydrogen) atoms. The van der Waals surface area contributed by atoms with Crippen LogP contribution < -0.4 is 42.6 Å². The molecule has 4 aliphatic rings. The zero-order valence-corrected chi connectivity index (χ0v) is 44.1. The summed E-state index contributed by atoms with van der Waals surface area (Å²) >= 11 is 0. The first-order valence-electron chi connectivity index (χ1n) is 26.5. The van der Waals surface area contributed by atoms with Crippen LogP contribution in [0.2, 0.25) is 0 Å². The molecule has 0 amide bonds. The first kappa shape index (κ1) is 57.0. The highest BCUT2D eigenvalue weighted by molar-refractivity contribution is 5.92. The molecule has 4 saturated heterocycles. The number of esters is 3. The van der Waals surface area contributed by atoms with Gasteiger partial charge in [-0.2, -0.15) is 0 Å². The van der Waals surface area contributed by atoms with Crippen molar-refractivity contribution in [1.82, 2.24) is 0 Å². The Kier molecular flexibility index (Phi) is 22.2. The summed E-state index contributed by atoms with van der Waals surface area (Å²) < 4.78 is 70.2. The predicted octanol–water partition coefficient (Wildman–Crippen LogP) is 11.3. The summed E-state index contributed by atoms with van der Waals surface area (Å²) in [5.74, 6) is 4.55. The minimum Gasteiger partial charge on any atom is -0.493 e. The molecule has 6 aromatic carbocycles. The van der Waals surface area contributed by atoms with Gasteiger partial charge in [-0.1, -0.05) is 12.2 Å². The maximum absolute atomic E-state index is 12.3. The lowest BCUT2D eigenvalue weighted by Gasteiger charge is -2.08. The van der Waals surface area contributed by atoms with E-state index in [9.17, 15) is 14.4 Å². The molecule has 0 spiro atoms. The molecule has 0 aliphatic carbocycles. The van der Waals surface area contributed by atoms with Gasteiger partial charge in [0.2, 0.25) is 0 Å². The Balaban J connectivity index is 0.000000156. The molecule has 4 atom stereocenters. The van der Waals surface area contributed by atoms with Crippen molar-refractivity contribution in [3.63, 3.8) is 0 Å². The van der Waals surface area contributed by atoms with Crippen LogP contribution >= 0.6 is 0 Å². The summed E-state index contributed by atoms with van der Waals surface area (Å²) in [7, 11) is 0. The second-order valence-corrected chi connectivity index (χ2v) is 18.4. The van der Waals surface area contributed by atoms with Gasteiger partial charge in [0.25, 0.3) is 0 Å². The van der Waals surface area contributed by atoms with Gasteiger partial charge in [0.05, 0.1) is 107 Å². The van der Waals surface area contributed by atoms with Gasteiger partial charge in [0, 0.05) is 25.7 Å². The lowest BCUT2D eigenvalue weighted by Crippen LogP contribution is -2.08. The number of benzene rings is 6. The number of rotatable bonds is 30. The summed E-state index contributed by atoms with van der Waals surface area (Å²) in [6.07, 6.45) is 10.1. The topological polar surface area (TPSA) is 184 Å². The minimum atomic E-state index is -0.415. The number of ether oxygens (including phenoxy) is 13. The van der Waals surface area contributed by atoms with Crippen LogP contribution in [0.1, 0.15) is 69.6 Å². The molecule has 16 nitrogen and oxygen atoms in total. The molecule has 4 aliphatic heterocycles. The minimum absolute atomic E-state index is 0.350. The van der Waals surface area contributed by atoms with Gasteiger partial charge in [-0.25, -0.2) is 14.4 Å². The SMILES string of the molecule is C=CCCOc1ccc(C(=O)Oc2ccc(OCCC3CO3)cc2)cc1.C=CCCOc1ccc(OC(=O)c2ccc(OCCC3CO3)cc2)cc1.O=C(Oc1ccc(OCCC2CO2)cc1)c1ccc(OCCC2CO2)cc1. The molecular formula is C63H66O16. The molecular weight excluding hydrogens is 1010 g/mol. The van der Waals surface area contributed by atoms with Crippen molar-refractivity contribution in [2.45, 2.75) is 62.9 Å². The zero-order chi connectivity index (χ0) is 54.9. The summed E-state index contributed by atoms with van der Waals surface area (Å²) in [5.41, 5.74) is 1.40. The second-order valence-electron chi connectivity index (χ2n) is 18.4. The number of epoxide rings is 4. The van der Waals surface area contributed by atoms with E-state index >= 15 is 0 Å². The Morgan fingerprint density at radius 2 is 0.519 bits per heavy atom. The summed E-state index contributed by atoms with van der Waals surface area (Å²) in [6.45, 7) is 14.2. The maximum atomic E-state index is 12.3. The van der Waals surface area contributed by atoms with Crippen molar-refractivity contribution in [1.29, 1.82) is 0 Å². The fourth-order valence-corrected chi connectivity index (χ4v) is 7.06. The monoisotopic (exact) mass is 1080 g/mol. The second kappa shape index (κ2) is 30.7. The largest absolute Gasteiger partial charge is 0.493 e. The smallest absolute Gasteiger partial charge is 0.343 e. The highest BCUT2D eigenvalue weighted by Crippen LogP contribution is 2.25. The standard InChI is InChI=1S/C21H22O6.2C21H22O5/c22-21(15-1-3-16(4-2-15)23-11-9-19-13-25-19)27-18-7-5-17(6-8-18)24-12-10-20-14-26-20;1-2-3-13-23-18-8-10-19(11-9-18)26-21(22)16-4-6-17(7-5-16)24-14-12-20-15-25-20;1-2-3-13-23-17-6-4-16(5-7-17)21(22)26-19-10-8-18(9-11-19)24-14-12-20-15-25-20/h1-8,19-20H,9-14H2;2*2,4-11,20H,1,3,12-15H2. The van der Waals surface area contributed by atoms with Crippen LogP contribution in [-0.2, 0) is 18.9 Å². The van der Waals surface area contributed by atoms with Crippen molar-refractivity contribution in [3.05, 3.63) is 188 Å². The highest BCUT2D eigenvalue weighted by atomic mass is 16.6. The van der Waals surface area contributed by atoms with Gasteiger partial charge in [0.15, 0.2) is 0 Å². The molecule has 0 N–H and O–H groups in total. The van der Waals surface area contributed by atoms with Crippen molar-refractivity contribution in [3.8, 4) is 51.7 Å². The van der Waals surface area contributed by atoms with E-state index in [-0.39, 0.29) is 0 Å². The van der Waals surface area contributed by atoms with Crippen LogP contribution in [0.3, 0.4) is 0 Å². The Bertz CT molecular complexity index is 2800. The van der Waals surface area contributed by atoms with Crippen LogP contribution in [0, 0.1) is 0 Å². The van der Waals surface area contributed by atoms with Gasteiger partial charge >= 0.3 is 17.9 Å². The van der Waals surface area contributed by atoms with Gasteiger partial charge < -0.3 is 61.6 Å². The van der Waals surface area contributed by atoms with Crippen molar-refractivity contribution < 1.29 is 76.0 Å². The van der Waals surface area contributed by atoms with Crippen LogP contribution in [0.4, 0.5) is 0 Å². The Morgan fingerprint density at radius 3 is 0.722 bits per heavy atom. The van der Waals surface area contributed by atoms with E-state index in [0.717, 1.165) is 93.7 Å². The van der Waals surface area contributed by atoms with E-state index in [2.05, 4.69) is 13.2 Å². The third-order valence-electron chi connectivity index (χ3n) is 12.0. The fourth-order valence-electron chi connectivity index (χ4n) is 7.06. The van der Waals surface area contributed by atoms with E-state index in [0.29, 0.717) is 104 Å². The Morgan fingerprint density at radius 1 is 0.329 bits per heavy atom. The van der Waals surface area contributed by atoms with Gasteiger partial charge in [-0.3, -0.25) is 0 Å². The summed E-state index contributed by atoms with van der Waals surface area (Å²) in [4.78, 5) is 36.7. The number of hydrogen-bond donors (Lipinski definition) is 0. The van der Waals surface area contributed by atoms with Crippen molar-refractivity contribution >= 4 is 17.9 Å². The molecule has 6 aromatic rings. The van der Waals surface area contributed by atoms with E-state index < -0.39 is 17.9 Å². The van der Waals surface area contributed by atoms with Gasteiger partial charge in [0.1, 0.15) is 51.7 Å². The molecule has 0 radical (unpaired) electrons. The van der Waals surface area contributed by atoms with Gasteiger partial charge in [-0.15, -0.1) is 13.2 Å². The third kappa shape index (κ3) is 21.7. The van der Waals surface area contributed by atoms with Crippen LogP contribution in [0.15, 0.2) is 171 Å². The zero-order valence-electron chi connectivity index (χ0n) is 44.1. The molecule has 16 heteroatoms. The molecule has 10 rings (SSSR count). The fraction of sp³-hybridized carbons (Fsp3) is 0.317. The normalized spacial score (nSPS) is 16.8. The van der Waals surface area contributed by atoms with E-state index in [1.54, 1.807) is 158 Å². The lowest BCUT2D eigenvalue weighted by molar-refractivity contribution is 0.0725. The number of carbonyl (C=O) groups excluding carboxylic acids is 3. The molecule has 0 aromatic heterocycles. The van der Waals surface area contributed by atoms with Crippen molar-refractivity contribution in [2.75, 3.05) is 66.1 Å². The quantitative estimate of drug-likeness (QED) is 0.0136. The first-order chi connectivity index (χ1) is 38.7. The van der Waals surface area contributed by atoms with E-state index in [1.165, 1.54) is 0 Å². The molecule has 0 saturated carbocycles. The molecule has 4 unspecified atom stereocenters. The average Bonchev–Trinajstić information content (AvgIpc) is 4.23. The Hall–Kier alpha value is -8.15. The maximum Gasteiger partial charge on any atom is 0.343 e. The highest BCUT2D eigenvalue weighted by Gasteiger charge is 2.24. The van der Waals surface area contributed by atoms with Crippen LogP contribution in [0.5, 0.6) is 51.7 Å². The Labute approximate surface area is 460 Å². The number of hydrogen-bond acceptors (Lipinski definition) is 16. The average molecular weight is 1080 g/mol. The molecule has 414 valence electrons. The first-order valence-corrected chi connectivity index (χ1v) is 26.5. The predicted molar refractivity (Wildman–Crippen MR) is 294 cm³/mol. The van der Waals surface area contributed by atoms with E-state index in [1.807, 2.05) is 0 Å².